The minimum atomic E-state index is -3.04. The molecule has 0 radical (unpaired) electrons. The van der Waals surface area contributed by atoms with E-state index in [2.05, 4.69) is 29.2 Å². The third-order valence-corrected chi connectivity index (χ3v) is 9.01. The summed E-state index contributed by atoms with van der Waals surface area (Å²) >= 11 is 0. The van der Waals surface area contributed by atoms with Crippen molar-refractivity contribution in [2.75, 3.05) is 31.6 Å². The van der Waals surface area contributed by atoms with Crippen LogP contribution >= 0.6 is 0 Å². The standard InChI is InChI=1S/C30H41N3O5S/c1-29(2,3)38-28(34)33-20-30(21-33)17-23(18-30)37-26-12-14-31-24-13-15-32(19-22-9-6-5-7-10-22)25(27(24)26)11-8-16-39(4,35)36/h5-7,9-10,12,14,23,25H,8,11,13,15-21H2,1-4H3. The first-order chi connectivity index (χ1) is 18.4. The Hall–Kier alpha value is -2.65. The van der Waals surface area contributed by atoms with Gasteiger partial charge in [-0.3, -0.25) is 9.88 Å². The normalized spacial score (nSPS) is 21.1. The number of amides is 1. The molecule has 3 aliphatic rings. The van der Waals surface area contributed by atoms with Crippen molar-refractivity contribution in [1.82, 2.24) is 14.8 Å². The number of nitrogens with zero attached hydrogens (tertiary/aromatic N) is 3. The van der Waals surface area contributed by atoms with Gasteiger partial charge in [-0.25, -0.2) is 13.2 Å². The monoisotopic (exact) mass is 555 g/mol. The van der Waals surface area contributed by atoms with Crippen molar-refractivity contribution in [3.8, 4) is 5.75 Å². The summed E-state index contributed by atoms with van der Waals surface area (Å²) in [6.07, 6.45) is 6.97. The van der Waals surface area contributed by atoms with Gasteiger partial charge >= 0.3 is 6.09 Å². The van der Waals surface area contributed by atoms with Crippen LogP contribution in [-0.4, -0.2) is 72.6 Å². The first-order valence-corrected chi connectivity index (χ1v) is 16.0. The van der Waals surface area contributed by atoms with Gasteiger partial charge in [0.2, 0.25) is 0 Å². The molecule has 39 heavy (non-hydrogen) atoms. The lowest BCUT2D eigenvalue weighted by Gasteiger charge is -2.58. The first kappa shape index (κ1) is 27.9. The van der Waals surface area contributed by atoms with Crippen LogP contribution in [0.4, 0.5) is 4.79 Å². The van der Waals surface area contributed by atoms with E-state index in [-0.39, 0.29) is 29.4 Å². The second-order valence-electron chi connectivity index (χ2n) is 12.6. The van der Waals surface area contributed by atoms with E-state index in [0.29, 0.717) is 6.42 Å². The molecule has 0 N–H and O–H groups in total. The summed E-state index contributed by atoms with van der Waals surface area (Å²) in [6, 6.07) is 12.4. The molecule has 1 unspecified atom stereocenters. The lowest BCUT2D eigenvalue weighted by Crippen LogP contribution is -2.66. The second-order valence-corrected chi connectivity index (χ2v) is 14.9. The molecule has 1 saturated carbocycles. The Kier molecular flexibility index (Phi) is 7.68. The molecule has 1 spiro atoms. The van der Waals surface area contributed by atoms with Gasteiger partial charge in [0.15, 0.2) is 0 Å². The number of rotatable bonds is 8. The van der Waals surface area contributed by atoms with Crippen molar-refractivity contribution in [3.63, 3.8) is 0 Å². The van der Waals surface area contributed by atoms with E-state index in [1.807, 2.05) is 39.1 Å². The van der Waals surface area contributed by atoms with Crippen LogP contribution in [0.3, 0.4) is 0 Å². The third kappa shape index (κ3) is 6.74. The molecule has 1 amide bonds. The molecule has 1 aliphatic carbocycles. The lowest BCUT2D eigenvalue weighted by atomic mass is 9.62. The molecule has 1 atom stereocenters. The molecule has 8 nitrogen and oxygen atoms in total. The van der Waals surface area contributed by atoms with Crippen LogP contribution in [0, 0.1) is 5.41 Å². The summed E-state index contributed by atoms with van der Waals surface area (Å²) in [5.41, 5.74) is 3.04. The highest BCUT2D eigenvalue weighted by atomic mass is 32.2. The molecule has 2 aliphatic heterocycles. The lowest BCUT2D eigenvalue weighted by molar-refractivity contribution is -0.117. The first-order valence-electron chi connectivity index (χ1n) is 14.0. The largest absolute Gasteiger partial charge is 0.490 e. The van der Waals surface area contributed by atoms with Gasteiger partial charge in [0.25, 0.3) is 0 Å². The van der Waals surface area contributed by atoms with Crippen molar-refractivity contribution in [2.45, 2.75) is 77.2 Å². The number of aromatic nitrogens is 1. The summed E-state index contributed by atoms with van der Waals surface area (Å²) in [4.78, 5) is 21.3. The van der Waals surface area contributed by atoms with E-state index < -0.39 is 15.4 Å². The summed E-state index contributed by atoms with van der Waals surface area (Å²) in [5, 5.41) is 0. The Morgan fingerprint density at radius 2 is 1.85 bits per heavy atom. The molecular formula is C30H41N3O5S. The molecule has 2 aromatic rings. The second kappa shape index (κ2) is 10.7. The molecule has 5 rings (SSSR count). The van der Waals surface area contributed by atoms with Gasteiger partial charge in [-0.2, -0.15) is 0 Å². The number of sulfone groups is 1. The number of likely N-dealkylation sites (tertiary alicyclic amines) is 1. The average molecular weight is 556 g/mol. The fourth-order valence-corrected chi connectivity index (χ4v) is 6.95. The zero-order chi connectivity index (χ0) is 27.8. The summed E-state index contributed by atoms with van der Waals surface area (Å²) in [7, 11) is -3.04. The predicted molar refractivity (Wildman–Crippen MR) is 150 cm³/mol. The molecule has 1 aromatic carbocycles. The van der Waals surface area contributed by atoms with Gasteiger partial charge in [-0.1, -0.05) is 30.3 Å². The number of carbonyl (C=O) groups is 1. The van der Waals surface area contributed by atoms with Crippen LogP contribution in [0.2, 0.25) is 0 Å². The number of carbonyl (C=O) groups excluding carboxylic acids is 1. The number of fused-ring (bicyclic) bond motifs is 1. The van der Waals surface area contributed by atoms with Crippen molar-refractivity contribution < 1.29 is 22.7 Å². The van der Waals surface area contributed by atoms with Crippen LogP contribution in [-0.2, 0) is 27.5 Å². The zero-order valence-electron chi connectivity index (χ0n) is 23.6. The molecule has 212 valence electrons. The van der Waals surface area contributed by atoms with Gasteiger partial charge in [-0.05, 0) is 58.1 Å². The van der Waals surface area contributed by atoms with E-state index in [4.69, 9.17) is 14.5 Å². The van der Waals surface area contributed by atoms with E-state index in [1.165, 1.54) is 11.8 Å². The summed E-state index contributed by atoms with van der Waals surface area (Å²) < 4.78 is 35.9. The van der Waals surface area contributed by atoms with E-state index >= 15 is 0 Å². The number of hydrogen-bond acceptors (Lipinski definition) is 7. The van der Waals surface area contributed by atoms with Gasteiger partial charge in [0, 0.05) is 67.8 Å². The Bertz CT molecular complexity index is 1280. The maximum Gasteiger partial charge on any atom is 0.410 e. The smallest absolute Gasteiger partial charge is 0.410 e. The highest BCUT2D eigenvalue weighted by Gasteiger charge is 2.55. The van der Waals surface area contributed by atoms with Gasteiger partial charge in [-0.15, -0.1) is 0 Å². The molecule has 3 heterocycles. The van der Waals surface area contributed by atoms with E-state index in [9.17, 15) is 13.2 Å². The van der Waals surface area contributed by atoms with Crippen molar-refractivity contribution in [3.05, 3.63) is 59.4 Å². The molecule has 0 bridgehead atoms. The van der Waals surface area contributed by atoms with Gasteiger partial charge < -0.3 is 14.4 Å². The fraction of sp³-hybridized carbons (Fsp3) is 0.600. The van der Waals surface area contributed by atoms with Crippen LogP contribution < -0.4 is 4.74 Å². The Labute approximate surface area is 232 Å². The van der Waals surface area contributed by atoms with Crippen LogP contribution in [0.1, 0.15) is 69.3 Å². The Balaban J connectivity index is 1.28. The van der Waals surface area contributed by atoms with Crippen LogP contribution in [0.5, 0.6) is 5.75 Å². The molecule has 1 saturated heterocycles. The highest BCUT2D eigenvalue weighted by Crippen LogP contribution is 2.51. The minimum absolute atomic E-state index is 0.0415. The maximum absolute atomic E-state index is 12.4. The average Bonchev–Trinajstić information content (AvgIpc) is 2.79. The van der Waals surface area contributed by atoms with E-state index in [1.54, 1.807) is 4.90 Å². The molecule has 1 aromatic heterocycles. The molecule has 9 heteroatoms. The van der Waals surface area contributed by atoms with E-state index in [0.717, 1.165) is 68.9 Å². The highest BCUT2D eigenvalue weighted by molar-refractivity contribution is 7.90. The van der Waals surface area contributed by atoms with Gasteiger partial charge in [0.05, 0.1) is 5.69 Å². The predicted octanol–water partition coefficient (Wildman–Crippen LogP) is 4.78. The van der Waals surface area contributed by atoms with Crippen molar-refractivity contribution in [1.29, 1.82) is 0 Å². The number of benzene rings is 1. The number of ether oxygens (including phenoxy) is 2. The van der Waals surface area contributed by atoms with Crippen molar-refractivity contribution in [2.24, 2.45) is 5.41 Å². The number of hydrogen-bond donors (Lipinski definition) is 0. The summed E-state index contributed by atoms with van der Waals surface area (Å²) in [5.74, 6) is 1.04. The third-order valence-electron chi connectivity index (χ3n) is 7.98. The van der Waals surface area contributed by atoms with Crippen LogP contribution in [0.25, 0.3) is 0 Å². The minimum Gasteiger partial charge on any atom is -0.490 e. The summed E-state index contributed by atoms with van der Waals surface area (Å²) in [6.45, 7) is 8.76. The Morgan fingerprint density at radius 3 is 2.51 bits per heavy atom. The molecular weight excluding hydrogens is 514 g/mol. The maximum atomic E-state index is 12.4. The van der Waals surface area contributed by atoms with Gasteiger partial charge in [0.1, 0.15) is 27.3 Å². The zero-order valence-corrected chi connectivity index (χ0v) is 24.4. The number of pyridine rings is 1. The quantitative estimate of drug-likeness (QED) is 0.463. The van der Waals surface area contributed by atoms with Crippen molar-refractivity contribution >= 4 is 15.9 Å². The Morgan fingerprint density at radius 1 is 1.13 bits per heavy atom. The van der Waals surface area contributed by atoms with Crippen LogP contribution in [0.15, 0.2) is 42.6 Å². The topological polar surface area (TPSA) is 89.0 Å². The SMILES string of the molecule is CC(C)(C)OC(=O)N1CC2(CC(Oc3ccnc4c3C(CCCS(C)(=O)=O)N(Cc3ccccc3)CC4)C2)C1. The fourth-order valence-electron chi connectivity index (χ4n) is 6.26. The molecule has 2 fully saturated rings.